The molecule has 0 aliphatic heterocycles. The zero-order valence-corrected chi connectivity index (χ0v) is 11.9. The van der Waals surface area contributed by atoms with Gasteiger partial charge in [-0.25, -0.2) is 9.97 Å². The van der Waals surface area contributed by atoms with Crippen molar-refractivity contribution < 1.29 is 0 Å². The summed E-state index contributed by atoms with van der Waals surface area (Å²) >= 11 is 2.22. The number of hydrogen-bond donors (Lipinski definition) is 1. The van der Waals surface area contributed by atoms with E-state index in [0.717, 1.165) is 21.4 Å². The standard InChI is InChI=1S/C12H18IN3/c1-8-3-4-11(5-9(8)2)16-12-14-6-10(13)7-15-12/h6-9,11H,3-5H2,1-2H3,(H,14,15,16). The first-order chi connectivity index (χ1) is 7.65. The van der Waals surface area contributed by atoms with Crippen LogP contribution in [0, 0.1) is 15.4 Å². The molecular weight excluding hydrogens is 313 g/mol. The molecule has 1 aliphatic rings. The monoisotopic (exact) mass is 331 g/mol. The number of aromatic nitrogens is 2. The first-order valence-corrected chi connectivity index (χ1v) is 6.97. The van der Waals surface area contributed by atoms with Gasteiger partial charge in [-0.2, -0.15) is 0 Å². The summed E-state index contributed by atoms with van der Waals surface area (Å²) in [7, 11) is 0. The van der Waals surface area contributed by atoms with Crippen molar-refractivity contribution in [1.29, 1.82) is 0 Å². The van der Waals surface area contributed by atoms with Crippen LogP contribution in [0.5, 0.6) is 0 Å². The lowest BCUT2D eigenvalue weighted by Crippen LogP contribution is -2.30. The fourth-order valence-corrected chi connectivity index (χ4v) is 2.53. The minimum absolute atomic E-state index is 0.547. The first kappa shape index (κ1) is 12.1. The lowest BCUT2D eigenvalue weighted by Gasteiger charge is -2.32. The highest BCUT2D eigenvalue weighted by molar-refractivity contribution is 14.1. The van der Waals surface area contributed by atoms with Crippen molar-refractivity contribution >= 4 is 28.5 Å². The van der Waals surface area contributed by atoms with Gasteiger partial charge in [-0.05, 0) is 53.7 Å². The minimum Gasteiger partial charge on any atom is -0.351 e. The van der Waals surface area contributed by atoms with Crippen LogP contribution in [0.1, 0.15) is 33.1 Å². The second-order valence-electron chi connectivity index (χ2n) is 4.83. The van der Waals surface area contributed by atoms with Gasteiger partial charge >= 0.3 is 0 Å². The van der Waals surface area contributed by atoms with Gasteiger partial charge < -0.3 is 5.32 Å². The summed E-state index contributed by atoms with van der Waals surface area (Å²) in [5.74, 6) is 2.43. The lowest BCUT2D eigenvalue weighted by atomic mass is 9.79. The van der Waals surface area contributed by atoms with Gasteiger partial charge in [0.25, 0.3) is 0 Å². The summed E-state index contributed by atoms with van der Waals surface area (Å²) in [6.45, 7) is 4.69. The molecule has 0 spiro atoms. The Kier molecular flexibility index (Phi) is 4.00. The second kappa shape index (κ2) is 5.29. The molecule has 1 N–H and O–H groups in total. The molecule has 3 unspecified atom stereocenters. The zero-order valence-electron chi connectivity index (χ0n) is 9.78. The third kappa shape index (κ3) is 3.06. The molecule has 0 saturated heterocycles. The van der Waals surface area contributed by atoms with Crippen LogP contribution in [0.4, 0.5) is 5.95 Å². The average molecular weight is 331 g/mol. The molecule has 0 aromatic carbocycles. The third-order valence-electron chi connectivity index (χ3n) is 3.55. The van der Waals surface area contributed by atoms with E-state index in [1.54, 1.807) is 0 Å². The van der Waals surface area contributed by atoms with Crippen LogP contribution in [-0.4, -0.2) is 16.0 Å². The van der Waals surface area contributed by atoms with Crippen LogP contribution in [0.25, 0.3) is 0 Å². The van der Waals surface area contributed by atoms with E-state index >= 15 is 0 Å². The maximum absolute atomic E-state index is 4.29. The van der Waals surface area contributed by atoms with Crippen molar-refractivity contribution in [1.82, 2.24) is 9.97 Å². The summed E-state index contributed by atoms with van der Waals surface area (Å²) in [5.41, 5.74) is 0. The van der Waals surface area contributed by atoms with Gasteiger partial charge in [0.2, 0.25) is 5.95 Å². The van der Waals surface area contributed by atoms with Gasteiger partial charge in [0.05, 0.1) is 0 Å². The van der Waals surface area contributed by atoms with Crippen LogP contribution in [0.15, 0.2) is 12.4 Å². The van der Waals surface area contributed by atoms with E-state index in [4.69, 9.17) is 0 Å². The van der Waals surface area contributed by atoms with E-state index in [1.807, 2.05) is 12.4 Å². The summed E-state index contributed by atoms with van der Waals surface area (Å²) in [5, 5.41) is 3.43. The van der Waals surface area contributed by atoms with E-state index < -0.39 is 0 Å². The van der Waals surface area contributed by atoms with E-state index in [1.165, 1.54) is 19.3 Å². The SMILES string of the molecule is CC1CCC(Nc2ncc(I)cn2)CC1C. The van der Waals surface area contributed by atoms with Crippen LogP contribution in [0.2, 0.25) is 0 Å². The number of hydrogen-bond acceptors (Lipinski definition) is 3. The van der Waals surface area contributed by atoms with Crippen molar-refractivity contribution in [2.24, 2.45) is 11.8 Å². The second-order valence-corrected chi connectivity index (χ2v) is 6.08. The Bertz CT molecular complexity index is 339. The molecule has 2 rings (SSSR count). The Morgan fingerprint density at radius 3 is 2.50 bits per heavy atom. The largest absolute Gasteiger partial charge is 0.351 e. The van der Waals surface area contributed by atoms with Crippen LogP contribution >= 0.6 is 22.6 Å². The summed E-state index contributed by atoms with van der Waals surface area (Å²) in [6.07, 6.45) is 7.48. The molecule has 1 fully saturated rings. The molecule has 0 radical (unpaired) electrons. The third-order valence-corrected chi connectivity index (χ3v) is 4.11. The molecule has 3 atom stereocenters. The number of nitrogens with zero attached hydrogens (tertiary/aromatic N) is 2. The molecule has 1 heterocycles. The Morgan fingerprint density at radius 1 is 1.19 bits per heavy atom. The van der Waals surface area contributed by atoms with Crippen molar-refractivity contribution in [2.75, 3.05) is 5.32 Å². The maximum atomic E-state index is 4.29. The number of anilines is 1. The molecule has 0 bridgehead atoms. The van der Waals surface area contributed by atoms with Crippen molar-refractivity contribution in [3.8, 4) is 0 Å². The van der Waals surface area contributed by atoms with E-state index in [0.29, 0.717) is 6.04 Å². The zero-order chi connectivity index (χ0) is 11.5. The number of nitrogens with one attached hydrogen (secondary N) is 1. The molecule has 1 aromatic rings. The minimum atomic E-state index is 0.547. The van der Waals surface area contributed by atoms with Crippen molar-refractivity contribution in [3.05, 3.63) is 16.0 Å². The molecule has 3 nitrogen and oxygen atoms in total. The summed E-state index contributed by atoms with van der Waals surface area (Å²) in [4.78, 5) is 8.57. The van der Waals surface area contributed by atoms with Gasteiger partial charge in [0.1, 0.15) is 0 Å². The van der Waals surface area contributed by atoms with Crippen molar-refractivity contribution in [3.63, 3.8) is 0 Å². The van der Waals surface area contributed by atoms with Crippen molar-refractivity contribution in [2.45, 2.75) is 39.2 Å². The van der Waals surface area contributed by atoms with E-state index in [-0.39, 0.29) is 0 Å². The molecule has 88 valence electrons. The van der Waals surface area contributed by atoms with E-state index in [2.05, 4.69) is 51.7 Å². The normalized spacial score (nSPS) is 30.1. The Hall–Kier alpha value is -0.390. The highest BCUT2D eigenvalue weighted by Crippen LogP contribution is 2.30. The van der Waals surface area contributed by atoms with Gasteiger partial charge in [-0.3, -0.25) is 0 Å². The average Bonchev–Trinajstić information content (AvgIpc) is 2.27. The Morgan fingerprint density at radius 2 is 1.88 bits per heavy atom. The van der Waals surface area contributed by atoms with E-state index in [9.17, 15) is 0 Å². The smallest absolute Gasteiger partial charge is 0.222 e. The van der Waals surface area contributed by atoms with Crippen LogP contribution in [-0.2, 0) is 0 Å². The molecule has 1 saturated carbocycles. The number of halogens is 1. The van der Waals surface area contributed by atoms with Crippen LogP contribution in [0.3, 0.4) is 0 Å². The van der Waals surface area contributed by atoms with Gasteiger partial charge in [0, 0.05) is 22.0 Å². The maximum Gasteiger partial charge on any atom is 0.222 e. The Labute approximate surface area is 111 Å². The molecule has 1 aromatic heterocycles. The summed E-state index contributed by atoms with van der Waals surface area (Å²) < 4.78 is 1.08. The fraction of sp³-hybridized carbons (Fsp3) is 0.667. The molecule has 16 heavy (non-hydrogen) atoms. The predicted molar refractivity (Wildman–Crippen MR) is 74.3 cm³/mol. The topological polar surface area (TPSA) is 37.8 Å². The molecule has 4 heteroatoms. The molecule has 1 aliphatic carbocycles. The summed E-state index contributed by atoms with van der Waals surface area (Å²) in [6, 6.07) is 0.547. The van der Waals surface area contributed by atoms with Gasteiger partial charge in [-0.15, -0.1) is 0 Å². The van der Waals surface area contributed by atoms with Gasteiger partial charge in [0.15, 0.2) is 0 Å². The highest BCUT2D eigenvalue weighted by Gasteiger charge is 2.24. The first-order valence-electron chi connectivity index (χ1n) is 5.89. The fourth-order valence-electron chi connectivity index (χ4n) is 2.25. The number of rotatable bonds is 2. The highest BCUT2D eigenvalue weighted by atomic mass is 127. The quantitative estimate of drug-likeness (QED) is 0.845. The van der Waals surface area contributed by atoms with Gasteiger partial charge in [-0.1, -0.05) is 13.8 Å². The lowest BCUT2D eigenvalue weighted by molar-refractivity contribution is 0.260. The van der Waals surface area contributed by atoms with Crippen LogP contribution < -0.4 is 5.32 Å². The molecular formula is C12H18IN3. The predicted octanol–water partition coefficient (Wildman–Crippen LogP) is 3.32. The molecule has 0 amide bonds. The Balaban J connectivity index is 1.93.